The van der Waals surface area contributed by atoms with Gasteiger partial charge in [0.2, 0.25) is 53.2 Å². The van der Waals surface area contributed by atoms with E-state index < -0.39 is 202 Å². The topological polar surface area (TPSA) is 546 Å². The summed E-state index contributed by atoms with van der Waals surface area (Å²) in [6.45, 7) is -1.95. The van der Waals surface area contributed by atoms with Crippen molar-refractivity contribution in [1.82, 2.24) is 42.5 Å². The number of rotatable bonds is 24. The van der Waals surface area contributed by atoms with Crippen molar-refractivity contribution < 1.29 is 103 Å². The van der Waals surface area contributed by atoms with Crippen LogP contribution in [0, 0.1) is 0 Å². The highest BCUT2D eigenvalue weighted by molar-refractivity contribution is 5.98. The molecule has 2 saturated heterocycles. The van der Waals surface area contributed by atoms with Crippen LogP contribution in [0.3, 0.4) is 0 Å². The van der Waals surface area contributed by atoms with Crippen LogP contribution < -0.4 is 59.7 Å². The fraction of sp³-hybridized carbons (Fsp3) is 0.692. The Hall–Kier alpha value is -6.72. The van der Waals surface area contributed by atoms with Crippen molar-refractivity contribution in [3.8, 4) is 5.75 Å². The quantitative estimate of drug-likeness (QED) is 0.0428. The Kier molecular flexibility index (Phi) is 31.4. The molecule has 2 aliphatic heterocycles. The minimum atomic E-state index is -2.24. The lowest BCUT2D eigenvalue weighted by molar-refractivity contribution is -0.285. The van der Waals surface area contributed by atoms with Crippen LogP contribution in [-0.2, 0) is 57.4 Å². The van der Waals surface area contributed by atoms with Crippen LogP contribution in [0.4, 0.5) is 0 Å². The van der Waals surface area contributed by atoms with Gasteiger partial charge in [0.25, 0.3) is 0 Å². The zero-order valence-electron chi connectivity index (χ0n) is 46.8. The molecule has 0 aliphatic carbocycles. The number of hydrogen-bond acceptors (Lipinski definition) is 22. The summed E-state index contributed by atoms with van der Waals surface area (Å²) in [5, 5.41) is 112. The van der Waals surface area contributed by atoms with Crippen molar-refractivity contribution in [2.24, 2.45) is 17.2 Å². The average molecular weight is 1200 g/mol. The van der Waals surface area contributed by atoms with E-state index in [9.17, 15) is 93.9 Å². The molecule has 32 nitrogen and oxygen atoms in total. The van der Waals surface area contributed by atoms with Crippen molar-refractivity contribution >= 4 is 59.1 Å². The molecule has 1 aromatic rings. The summed E-state index contributed by atoms with van der Waals surface area (Å²) in [5.41, 5.74) is 17.8. The second-order valence-electron chi connectivity index (χ2n) is 20.9. The van der Waals surface area contributed by atoms with Crippen molar-refractivity contribution in [3.63, 3.8) is 0 Å². The van der Waals surface area contributed by atoms with Crippen LogP contribution in [0.5, 0.6) is 5.75 Å². The van der Waals surface area contributed by atoms with Crippen molar-refractivity contribution in [2.45, 2.75) is 194 Å². The lowest BCUT2D eigenvalue weighted by atomic mass is 9.95. The molecule has 0 spiro atoms. The van der Waals surface area contributed by atoms with Gasteiger partial charge in [0.1, 0.15) is 60.4 Å². The minimum Gasteiger partial charge on any atom is -0.508 e. The van der Waals surface area contributed by atoms with Gasteiger partial charge < -0.3 is 115 Å². The predicted molar refractivity (Wildman–Crippen MR) is 291 cm³/mol. The number of primary amides is 1. The molecule has 32 heteroatoms. The van der Waals surface area contributed by atoms with E-state index in [1.165, 1.54) is 0 Å². The monoisotopic (exact) mass is 1200 g/mol. The van der Waals surface area contributed by atoms with Gasteiger partial charge in [-0.05, 0) is 49.8 Å². The number of hydrogen-bond donors (Lipinski definition) is 20. The highest BCUT2D eigenvalue weighted by atomic mass is 16.7. The third-order valence-electron chi connectivity index (χ3n) is 13.8. The van der Waals surface area contributed by atoms with E-state index in [1.54, 1.807) is 0 Å². The number of carbonyl (C=O) groups is 10. The number of carbonyl (C=O) groups excluding carboxylic acids is 9. The first-order valence-corrected chi connectivity index (χ1v) is 27.8. The van der Waals surface area contributed by atoms with Gasteiger partial charge in [0.15, 0.2) is 6.29 Å². The lowest BCUT2D eigenvalue weighted by Gasteiger charge is -2.38. The summed E-state index contributed by atoms with van der Waals surface area (Å²) >= 11 is 0. The molecule has 23 N–H and O–H groups in total. The standard InChI is InChI=1S/C52H85N11O21/c1-2-3-4-5-6-7-8-9-27(53)16-30(67)19-31(84-52-45(76)44(75)37(68)25-83-52)17-28-18-39(70)59-36(24-65)50(81)63-42(43(74)26-10-12-29(66)13-11-26)51(82)61-34(21-41(72)73)49(80)62-35(23-64)47(78)57-22-40(71)56-15-14-32(54)46(77)60-33(20-38(55)69)48(79)58-28/h10-13,27-28,30-37,42-45,52,64-68,74-76H,2-9,14-25,53-54H2,1H3,(H2,55,69)(H,56,71)(H,57,78)(H,58,79)(H,59,70)(H,60,77)(H,61,82)(H,62,80)(H,63,81)(H,72,73)/t27-,28-,30-,31-,32+,33-,34+,35+,36+,37+,42+,43+,44-,45+,52-/m0/s1. The molecular formula is C52H85N11O21. The summed E-state index contributed by atoms with van der Waals surface area (Å²) in [5.74, 6) is -12.9. The third kappa shape index (κ3) is 25.2. The molecule has 2 heterocycles. The number of nitrogens with one attached hydrogen (secondary N) is 8. The number of aliphatic hydroxyl groups is 7. The second kappa shape index (κ2) is 36.9. The number of unbranched alkanes of at least 4 members (excludes halogenated alkanes) is 6. The fourth-order valence-corrected chi connectivity index (χ4v) is 9.07. The molecule has 2 aliphatic rings. The minimum absolute atomic E-state index is 0.00117. The Morgan fingerprint density at radius 1 is 0.702 bits per heavy atom. The zero-order chi connectivity index (χ0) is 62.6. The first-order valence-electron chi connectivity index (χ1n) is 27.8. The number of aliphatic carboxylic acids is 1. The number of carboxylic acids is 1. The number of nitrogens with two attached hydrogens (primary N) is 3. The highest BCUT2D eigenvalue weighted by Crippen LogP contribution is 2.25. The Balaban J connectivity index is 2.12. The number of phenolic OH excluding ortho intramolecular Hbond substituents is 1. The summed E-state index contributed by atoms with van der Waals surface area (Å²) in [6, 6.07) is -9.29. The van der Waals surface area contributed by atoms with Gasteiger partial charge in [0, 0.05) is 25.0 Å². The number of amides is 9. The van der Waals surface area contributed by atoms with Crippen molar-refractivity contribution in [2.75, 3.05) is 32.9 Å². The first kappa shape index (κ1) is 71.5. The zero-order valence-corrected chi connectivity index (χ0v) is 46.8. The van der Waals surface area contributed by atoms with Gasteiger partial charge in [-0.1, -0.05) is 64.0 Å². The number of phenols is 1. The Bertz CT molecular complexity index is 2320. The highest BCUT2D eigenvalue weighted by Gasteiger charge is 2.41. The van der Waals surface area contributed by atoms with Crippen LogP contribution in [0.1, 0.15) is 115 Å². The van der Waals surface area contributed by atoms with Gasteiger partial charge in [-0.2, -0.15) is 0 Å². The molecule has 0 bridgehead atoms. The van der Waals surface area contributed by atoms with E-state index in [0.717, 1.165) is 69.2 Å². The van der Waals surface area contributed by atoms with Gasteiger partial charge in [0.05, 0.1) is 57.5 Å². The molecule has 3 rings (SSSR count). The Labute approximate surface area is 484 Å². The molecule has 84 heavy (non-hydrogen) atoms. The predicted octanol–water partition coefficient (Wildman–Crippen LogP) is -7.15. The number of aliphatic hydroxyl groups excluding tert-OH is 7. The number of benzene rings is 1. The molecule has 1 aromatic carbocycles. The number of ether oxygens (including phenoxy) is 2. The van der Waals surface area contributed by atoms with Crippen LogP contribution >= 0.6 is 0 Å². The van der Waals surface area contributed by atoms with Crippen molar-refractivity contribution in [3.05, 3.63) is 29.8 Å². The molecule has 9 amide bonds. The molecular weight excluding hydrogens is 1110 g/mol. The van der Waals surface area contributed by atoms with E-state index in [1.807, 2.05) is 5.32 Å². The maximum atomic E-state index is 14.2. The molecule has 0 saturated carbocycles. The van der Waals surface area contributed by atoms with Gasteiger partial charge in [-0.3, -0.25) is 47.9 Å². The normalized spacial score (nSPS) is 27.6. The maximum Gasteiger partial charge on any atom is 0.305 e. The van der Waals surface area contributed by atoms with E-state index in [2.05, 4.69) is 44.1 Å². The average Bonchev–Trinajstić information content (AvgIpc) is 3.62. The number of carboxylic acid groups (broad SMARTS) is 1. The van der Waals surface area contributed by atoms with Gasteiger partial charge in [-0.25, -0.2) is 0 Å². The third-order valence-corrected chi connectivity index (χ3v) is 13.8. The van der Waals surface area contributed by atoms with E-state index in [0.29, 0.717) is 6.42 Å². The van der Waals surface area contributed by atoms with E-state index in [-0.39, 0.29) is 37.1 Å². The van der Waals surface area contributed by atoms with Crippen LogP contribution in [0.25, 0.3) is 0 Å². The second-order valence-corrected chi connectivity index (χ2v) is 20.9. The smallest absolute Gasteiger partial charge is 0.305 e. The molecule has 0 unspecified atom stereocenters. The Morgan fingerprint density at radius 3 is 1.92 bits per heavy atom. The van der Waals surface area contributed by atoms with Crippen molar-refractivity contribution in [1.29, 1.82) is 0 Å². The van der Waals surface area contributed by atoms with E-state index in [4.69, 9.17) is 26.7 Å². The Morgan fingerprint density at radius 2 is 1.29 bits per heavy atom. The fourth-order valence-electron chi connectivity index (χ4n) is 9.07. The van der Waals surface area contributed by atoms with E-state index >= 15 is 0 Å². The first-order chi connectivity index (χ1) is 39.8. The lowest BCUT2D eigenvalue weighted by Crippen LogP contribution is -2.60. The molecule has 0 aromatic heterocycles. The molecule has 15 atom stereocenters. The summed E-state index contributed by atoms with van der Waals surface area (Å²) in [6.07, 6.45) is -8.31. The summed E-state index contributed by atoms with van der Waals surface area (Å²) in [4.78, 5) is 134. The summed E-state index contributed by atoms with van der Waals surface area (Å²) < 4.78 is 11.6. The van der Waals surface area contributed by atoms with Crippen LogP contribution in [-0.4, -0.2) is 223 Å². The van der Waals surface area contributed by atoms with Crippen LogP contribution in [0.2, 0.25) is 0 Å². The SMILES string of the molecule is CCCCCCCCC[C@H](N)C[C@H](O)C[C@H](C[C@H]1CC(=O)N[C@H](CO)C(=O)N[C@H]([C@H](O)c2ccc(O)cc2)C(=O)N[C@H](CC(=O)O)C(=O)N[C@H](CO)C(=O)NCC(=O)NCC[C@@H](N)C(=O)N[C@@H](CC(N)=O)C(=O)N1)O[C@@H]1OC[C@@H](O)[C@H](O)[C@H]1O. The maximum absolute atomic E-state index is 14.2. The number of aromatic hydroxyl groups is 1. The summed E-state index contributed by atoms with van der Waals surface area (Å²) in [7, 11) is 0. The largest absolute Gasteiger partial charge is 0.508 e. The van der Waals surface area contributed by atoms with Gasteiger partial charge in [-0.15, -0.1) is 0 Å². The molecule has 474 valence electrons. The van der Waals surface area contributed by atoms with Gasteiger partial charge >= 0.3 is 5.97 Å². The molecule has 0 radical (unpaired) electrons. The van der Waals surface area contributed by atoms with Crippen LogP contribution in [0.15, 0.2) is 24.3 Å². The molecule has 2 fully saturated rings.